The summed E-state index contributed by atoms with van der Waals surface area (Å²) in [5.74, 6) is 1.43. The van der Waals surface area contributed by atoms with E-state index in [2.05, 4.69) is 73.4 Å². The van der Waals surface area contributed by atoms with E-state index in [1.54, 1.807) is 0 Å². The maximum Gasteiger partial charge on any atom is 0.119 e. The highest BCUT2D eigenvalue weighted by Crippen LogP contribution is 2.25. The third-order valence-corrected chi connectivity index (χ3v) is 4.67. The van der Waals surface area contributed by atoms with Crippen molar-refractivity contribution < 1.29 is 4.74 Å². The second kappa shape index (κ2) is 9.19. The van der Waals surface area contributed by atoms with Crippen LogP contribution in [-0.4, -0.2) is 11.1 Å². The van der Waals surface area contributed by atoms with Crippen molar-refractivity contribution in [2.75, 3.05) is 0 Å². The van der Waals surface area contributed by atoms with Crippen molar-refractivity contribution >= 4 is 0 Å². The molecular formula is C24H27NO. The monoisotopic (exact) mass is 345 g/mol. The first-order chi connectivity index (χ1) is 12.7. The van der Waals surface area contributed by atoms with Crippen LogP contribution in [0.2, 0.25) is 0 Å². The van der Waals surface area contributed by atoms with Gasteiger partial charge in [-0.15, -0.1) is 0 Å². The van der Waals surface area contributed by atoms with Crippen LogP contribution in [0.3, 0.4) is 0 Å². The lowest BCUT2D eigenvalue weighted by molar-refractivity contribution is 0.139. The third kappa shape index (κ3) is 5.19. The van der Waals surface area contributed by atoms with Gasteiger partial charge in [0.15, 0.2) is 0 Å². The van der Waals surface area contributed by atoms with Gasteiger partial charge in [-0.25, -0.2) is 0 Å². The predicted octanol–water partition coefficient (Wildman–Crippen LogP) is 6.17. The fourth-order valence-corrected chi connectivity index (χ4v) is 3.11. The summed E-state index contributed by atoms with van der Waals surface area (Å²) in [7, 11) is 0. The van der Waals surface area contributed by atoms with Gasteiger partial charge in [0.05, 0.1) is 0 Å². The first-order valence-electron chi connectivity index (χ1n) is 9.43. The molecule has 0 aliphatic rings. The number of rotatable bonds is 8. The lowest BCUT2D eigenvalue weighted by Gasteiger charge is -2.23. The van der Waals surface area contributed by atoms with Crippen molar-refractivity contribution in [2.24, 2.45) is 5.92 Å². The van der Waals surface area contributed by atoms with Gasteiger partial charge in [-0.2, -0.15) is 0 Å². The Morgan fingerprint density at radius 2 is 1.58 bits per heavy atom. The molecule has 1 unspecified atom stereocenters. The maximum absolute atomic E-state index is 6.29. The molecule has 0 radical (unpaired) electrons. The maximum atomic E-state index is 6.29. The molecule has 2 aromatic carbocycles. The van der Waals surface area contributed by atoms with Crippen LogP contribution >= 0.6 is 0 Å². The van der Waals surface area contributed by atoms with Gasteiger partial charge in [-0.3, -0.25) is 4.98 Å². The van der Waals surface area contributed by atoms with E-state index in [0.717, 1.165) is 25.0 Å². The zero-order valence-electron chi connectivity index (χ0n) is 15.6. The number of benzene rings is 2. The van der Waals surface area contributed by atoms with E-state index in [-0.39, 0.29) is 6.10 Å². The standard InChI is InChI=1S/C24H27NO/c1-19(2)24(12-6-8-20-9-7-17-25-18-20)26-23-15-13-22(14-16-23)21-10-4-3-5-11-21/h3-5,7,9-11,13-19,24H,6,8,12H2,1-2H3. The number of hydrogen-bond donors (Lipinski definition) is 0. The van der Waals surface area contributed by atoms with Gasteiger partial charge >= 0.3 is 0 Å². The summed E-state index contributed by atoms with van der Waals surface area (Å²) >= 11 is 0. The molecule has 3 aromatic rings. The Bertz CT molecular complexity index is 766. The fourth-order valence-electron chi connectivity index (χ4n) is 3.11. The molecule has 1 aromatic heterocycles. The number of aromatic nitrogens is 1. The first-order valence-corrected chi connectivity index (χ1v) is 9.43. The molecule has 0 N–H and O–H groups in total. The second-order valence-corrected chi connectivity index (χ2v) is 7.04. The molecular weight excluding hydrogens is 318 g/mol. The lowest BCUT2D eigenvalue weighted by atomic mass is 9.99. The van der Waals surface area contributed by atoms with Crippen molar-refractivity contribution in [2.45, 2.75) is 39.2 Å². The molecule has 26 heavy (non-hydrogen) atoms. The first kappa shape index (κ1) is 18.2. The van der Waals surface area contributed by atoms with Crippen molar-refractivity contribution in [3.63, 3.8) is 0 Å². The quantitative estimate of drug-likeness (QED) is 0.487. The Morgan fingerprint density at radius 3 is 2.23 bits per heavy atom. The number of aryl methyl sites for hydroxylation is 1. The van der Waals surface area contributed by atoms with Crippen LogP contribution in [0.1, 0.15) is 32.3 Å². The Morgan fingerprint density at radius 1 is 0.846 bits per heavy atom. The van der Waals surface area contributed by atoms with Crippen LogP contribution < -0.4 is 4.74 Å². The van der Waals surface area contributed by atoms with Crippen molar-refractivity contribution in [3.8, 4) is 16.9 Å². The van der Waals surface area contributed by atoms with E-state index in [1.807, 2.05) is 24.5 Å². The molecule has 2 heteroatoms. The molecule has 0 aliphatic heterocycles. The Balaban J connectivity index is 1.57. The summed E-state index contributed by atoms with van der Waals surface area (Å²) in [4.78, 5) is 4.19. The van der Waals surface area contributed by atoms with Crippen LogP contribution in [-0.2, 0) is 6.42 Å². The average molecular weight is 345 g/mol. The topological polar surface area (TPSA) is 22.1 Å². The normalized spacial score (nSPS) is 12.1. The highest BCUT2D eigenvalue weighted by atomic mass is 16.5. The predicted molar refractivity (Wildman–Crippen MR) is 108 cm³/mol. The van der Waals surface area contributed by atoms with E-state index in [4.69, 9.17) is 4.74 Å². The van der Waals surface area contributed by atoms with Crippen LogP contribution in [0.4, 0.5) is 0 Å². The van der Waals surface area contributed by atoms with E-state index in [0.29, 0.717) is 5.92 Å². The van der Waals surface area contributed by atoms with Crippen molar-refractivity contribution in [3.05, 3.63) is 84.7 Å². The molecule has 134 valence electrons. The van der Waals surface area contributed by atoms with E-state index < -0.39 is 0 Å². The van der Waals surface area contributed by atoms with E-state index in [1.165, 1.54) is 16.7 Å². The zero-order chi connectivity index (χ0) is 18.2. The second-order valence-electron chi connectivity index (χ2n) is 7.04. The molecule has 0 spiro atoms. The molecule has 0 aliphatic carbocycles. The summed E-state index contributed by atoms with van der Waals surface area (Å²) in [6.07, 6.45) is 7.21. The highest BCUT2D eigenvalue weighted by Gasteiger charge is 2.15. The van der Waals surface area contributed by atoms with Gasteiger partial charge in [0.2, 0.25) is 0 Å². The molecule has 1 atom stereocenters. The molecule has 0 amide bonds. The minimum Gasteiger partial charge on any atom is -0.490 e. The Hall–Kier alpha value is -2.61. The van der Waals surface area contributed by atoms with E-state index >= 15 is 0 Å². The lowest BCUT2D eigenvalue weighted by Crippen LogP contribution is -2.23. The minimum atomic E-state index is 0.231. The zero-order valence-corrected chi connectivity index (χ0v) is 15.6. The van der Waals surface area contributed by atoms with Crippen molar-refractivity contribution in [1.29, 1.82) is 0 Å². The molecule has 2 nitrogen and oxygen atoms in total. The van der Waals surface area contributed by atoms with Gasteiger partial charge in [0.25, 0.3) is 0 Å². The minimum absolute atomic E-state index is 0.231. The third-order valence-electron chi connectivity index (χ3n) is 4.67. The summed E-state index contributed by atoms with van der Waals surface area (Å²) in [5.41, 5.74) is 3.74. The molecule has 0 saturated heterocycles. The summed E-state index contributed by atoms with van der Waals surface area (Å²) in [6, 6.07) is 23.0. The van der Waals surface area contributed by atoms with Crippen LogP contribution in [0.15, 0.2) is 79.1 Å². The smallest absolute Gasteiger partial charge is 0.119 e. The van der Waals surface area contributed by atoms with Gasteiger partial charge < -0.3 is 4.74 Å². The summed E-state index contributed by atoms with van der Waals surface area (Å²) in [5, 5.41) is 0. The SMILES string of the molecule is CC(C)C(CCCc1cccnc1)Oc1ccc(-c2ccccc2)cc1. The summed E-state index contributed by atoms with van der Waals surface area (Å²) in [6.45, 7) is 4.46. The van der Waals surface area contributed by atoms with Crippen LogP contribution in [0.25, 0.3) is 11.1 Å². The summed E-state index contributed by atoms with van der Waals surface area (Å²) < 4.78 is 6.29. The fraction of sp³-hybridized carbons (Fsp3) is 0.292. The molecule has 0 fully saturated rings. The number of hydrogen-bond acceptors (Lipinski definition) is 2. The Kier molecular flexibility index (Phi) is 6.43. The molecule has 3 rings (SSSR count). The van der Waals surface area contributed by atoms with Crippen LogP contribution in [0, 0.1) is 5.92 Å². The largest absolute Gasteiger partial charge is 0.490 e. The van der Waals surface area contributed by atoms with Gasteiger partial charge in [-0.05, 0) is 60.1 Å². The van der Waals surface area contributed by atoms with E-state index in [9.17, 15) is 0 Å². The highest BCUT2D eigenvalue weighted by molar-refractivity contribution is 5.63. The van der Waals surface area contributed by atoms with Gasteiger partial charge in [-0.1, -0.05) is 62.4 Å². The average Bonchev–Trinajstić information content (AvgIpc) is 2.69. The number of ether oxygens (including phenoxy) is 1. The van der Waals surface area contributed by atoms with Crippen molar-refractivity contribution in [1.82, 2.24) is 4.98 Å². The molecule has 1 heterocycles. The molecule has 0 bridgehead atoms. The number of pyridine rings is 1. The van der Waals surface area contributed by atoms with Gasteiger partial charge in [0, 0.05) is 12.4 Å². The van der Waals surface area contributed by atoms with Crippen LogP contribution in [0.5, 0.6) is 5.75 Å². The van der Waals surface area contributed by atoms with Gasteiger partial charge in [0.1, 0.15) is 11.9 Å². The Labute approximate surface area is 156 Å². The number of nitrogens with zero attached hydrogens (tertiary/aromatic N) is 1. The molecule has 0 saturated carbocycles.